The van der Waals surface area contributed by atoms with E-state index in [1.165, 1.54) is 0 Å². The van der Waals surface area contributed by atoms with Crippen molar-refractivity contribution in [2.75, 3.05) is 15.5 Å². The van der Waals surface area contributed by atoms with Gasteiger partial charge in [-0.2, -0.15) is 0 Å². The number of carbonyl (C=O) groups excluding carboxylic acids is 3. The van der Waals surface area contributed by atoms with E-state index in [1.54, 1.807) is 36.4 Å². The summed E-state index contributed by atoms with van der Waals surface area (Å²) in [5, 5.41) is 5.61. The number of aryl methyl sites for hydroxylation is 3. The van der Waals surface area contributed by atoms with E-state index in [1.807, 2.05) is 51.1 Å². The summed E-state index contributed by atoms with van der Waals surface area (Å²) in [4.78, 5) is 39.4. The Kier molecular flexibility index (Phi) is 6.03. The Bertz CT molecular complexity index is 1310. The van der Waals surface area contributed by atoms with Gasteiger partial charge in [0.2, 0.25) is 0 Å². The molecule has 1 aliphatic heterocycles. The van der Waals surface area contributed by atoms with Crippen molar-refractivity contribution in [3.8, 4) is 0 Å². The molecule has 7 heteroatoms. The molecule has 166 valence electrons. The predicted molar refractivity (Wildman–Crippen MR) is 130 cm³/mol. The van der Waals surface area contributed by atoms with Crippen molar-refractivity contribution in [3.05, 3.63) is 99.7 Å². The van der Waals surface area contributed by atoms with Gasteiger partial charge in [0.25, 0.3) is 17.7 Å². The van der Waals surface area contributed by atoms with Crippen LogP contribution >= 0.6 is 11.6 Å². The van der Waals surface area contributed by atoms with Crippen LogP contribution in [0.1, 0.15) is 27.0 Å². The second-order valence-corrected chi connectivity index (χ2v) is 8.33. The van der Waals surface area contributed by atoms with Crippen LogP contribution in [-0.2, 0) is 9.59 Å². The number of carbonyl (C=O) groups is 3. The van der Waals surface area contributed by atoms with Gasteiger partial charge in [0.05, 0.1) is 5.69 Å². The molecule has 0 saturated carbocycles. The first-order chi connectivity index (χ1) is 15.7. The molecule has 0 atom stereocenters. The highest BCUT2D eigenvalue weighted by Gasteiger charge is 2.38. The Morgan fingerprint density at radius 3 is 2.24 bits per heavy atom. The van der Waals surface area contributed by atoms with Crippen LogP contribution < -0.4 is 15.5 Å². The Labute approximate surface area is 196 Å². The smallest absolute Gasteiger partial charge is 0.283 e. The molecule has 0 aliphatic carbocycles. The summed E-state index contributed by atoms with van der Waals surface area (Å²) < 4.78 is 0. The van der Waals surface area contributed by atoms with E-state index in [9.17, 15) is 14.4 Å². The van der Waals surface area contributed by atoms with Crippen molar-refractivity contribution in [2.24, 2.45) is 0 Å². The third kappa shape index (κ3) is 4.52. The van der Waals surface area contributed by atoms with Crippen molar-refractivity contribution in [1.82, 2.24) is 0 Å². The van der Waals surface area contributed by atoms with Gasteiger partial charge >= 0.3 is 0 Å². The molecule has 0 unspecified atom stereocenters. The van der Waals surface area contributed by atoms with E-state index < -0.39 is 11.8 Å². The molecule has 0 saturated heterocycles. The summed E-state index contributed by atoms with van der Waals surface area (Å²) in [5.74, 6) is -1.45. The van der Waals surface area contributed by atoms with Crippen LogP contribution in [0.5, 0.6) is 0 Å². The molecule has 3 amide bonds. The van der Waals surface area contributed by atoms with Crippen molar-refractivity contribution < 1.29 is 14.4 Å². The Morgan fingerprint density at radius 2 is 1.55 bits per heavy atom. The van der Waals surface area contributed by atoms with Gasteiger partial charge in [0, 0.05) is 16.9 Å². The number of nitrogens with one attached hydrogen (secondary N) is 2. The number of benzene rings is 3. The van der Waals surface area contributed by atoms with Gasteiger partial charge in [0.15, 0.2) is 0 Å². The number of imide groups is 1. The average molecular weight is 460 g/mol. The normalized spacial score (nSPS) is 13.5. The number of halogens is 1. The average Bonchev–Trinajstić information content (AvgIpc) is 3.00. The quantitative estimate of drug-likeness (QED) is 0.507. The molecule has 2 N–H and O–H groups in total. The SMILES string of the molecule is Cc1ccc(N2C(=O)C(Cl)=C(Nc3cccc(C(=O)Nc4ccc(C)cc4C)c3)C2=O)cc1. The highest BCUT2D eigenvalue weighted by atomic mass is 35.5. The van der Waals surface area contributed by atoms with Gasteiger partial charge in [-0.3, -0.25) is 14.4 Å². The summed E-state index contributed by atoms with van der Waals surface area (Å²) in [7, 11) is 0. The number of hydrogen-bond acceptors (Lipinski definition) is 4. The van der Waals surface area contributed by atoms with Crippen molar-refractivity contribution in [3.63, 3.8) is 0 Å². The molecule has 33 heavy (non-hydrogen) atoms. The maximum absolute atomic E-state index is 13.0. The number of anilines is 3. The monoisotopic (exact) mass is 459 g/mol. The highest BCUT2D eigenvalue weighted by molar-refractivity contribution is 6.53. The van der Waals surface area contributed by atoms with Gasteiger partial charge in [-0.25, -0.2) is 4.90 Å². The Hall–Kier alpha value is -3.90. The standard InChI is InChI=1S/C26H22ClN3O3/c1-15-7-10-20(11-8-15)30-25(32)22(27)23(26(30)33)28-19-6-4-5-18(14-19)24(31)29-21-12-9-16(2)13-17(21)3/h4-14,28H,1-3H3,(H,29,31). The molecule has 0 fully saturated rings. The van der Waals surface area contributed by atoms with E-state index in [-0.39, 0.29) is 16.6 Å². The van der Waals surface area contributed by atoms with E-state index in [2.05, 4.69) is 10.6 Å². The van der Waals surface area contributed by atoms with Crippen molar-refractivity contribution in [2.45, 2.75) is 20.8 Å². The molecule has 1 heterocycles. The minimum absolute atomic E-state index is 0.0332. The predicted octanol–water partition coefficient (Wildman–Crippen LogP) is 5.30. The van der Waals surface area contributed by atoms with Crippen LogP contribution in [0.15, 0.2) is 77.5 Å². The van der Waals surface area contributed by atoms with Gasteiger partial charge in [-0.1, -0.05) is 53.1 Å². The van der Waals surface area contributed by atoms with E-state index >= 15 is 0 Å². The molecule has 4 rings (SSSR count). The van der Waals surface area contributed by atoms with Crippen LogP contribution in [0.2, 0.25) is 0 Å². The van der Waals surface area contributed by atoms with Crippen LogP contribution in [0.25, 0.3) is 0 Å². The molecule has 0 bridgehead atoms. The van der Waals surface area contributed by atoms with Gasteiger partial charge in [0.1, 0.15) is 10.7 Å². The number of amides is 3. The molecule has 3 aromatic carbocycles. The van der Waals surface area contributed by atoms with E-state index in [4.69, 9.17) is 11.6 Å². The lowest BCUT2D eigenvalue weighted by atomic mass is 10.1. The van der Waals surface area contributed by atoms with E-state index in [0.29, 0.717) is 16.9 Å². The second kappa shape index (κ2) is 8.92. The third-order valence-corrected chi connectivity index (χ3v) is 5.69. The molecule has 3 aromatic rings. The number of rotatable bonds is 5. The largest absolute Gasteiger partial charge is 0.350 e. The Morgan fingerprint density at radius 1 is 0.848 bits per heavy atom. The number of hydrogen-bond donors (Lipinski definition) is 2. The molecule has 0 spiro atoms. The molecular weight excluding hydrogens is 438 g/mol. The first-order valence-electron chi connectivity index (χ1n) is 10.4. The maximum atomic E-state index is 13.0. The van der Waals surface area contributed by atoms with Gasteiger partial charge in [-0.05, 0) is 62.7 Å². The minimum Gasteiger partial charge on any atom is -0.350 e. The fourth-order valence-corrected chi connectivity index (χ4v) is 3.78. The highest BCUT2D eigenvalue weighted by Crippen LogP contribution is 2.30. The maximum Gasteiger partial charge on any atom is 0.283 e. The molecule has 1 aliphatic rings. The first-order valence-corrected chi connectivity index (χ1v) is 10.7. The fourth-order valence-electron chi connectivity index (χ4n) is 3.57. The summed E-state index contributed by atoms with van der Waals surface area (Å²) in [6, 6.07) is 19.4. The van der Waals surface area contributed by atoms with Crippen LogP contribution in [-0.4, -0.2) is 17.7 Å². The van der Waals surface area contributed by atoms with Gasteiger partial charge < -0.3 is 10.6 Å². The molecular formula is C26H22ClN3O3. The minimum atomic E-state index is -0.600. The summed E-state index contributed by atoms with van der Waals surface area (Å²) in [5.41, 5.74) is 5.05. The Balaban J connectivity index is 1.54. The summed E-state index contributed by atoms with van der Waals surface area (Å²) >= 11 is 6.21. The zero-order valence-electron chi connectivity index (χ0n) is 18.4. The van der Waals surface area contributed by atoms with Crippen LogP contribution in [0.4, 0.5) is 17.1 Å². The third-order valence-electron chi connectivity index (χ3n) is 5.34. The van der Waals surface area contributed by atoms with Gasteiger partial charge in [-0.15, -0.1) is 0 Å². The lowest BCUT2D eigenvalue weighted by Crippen LogP contribution is -2.32. The zero-order chi connectivity index (χ0) is 23.7. The van der Waals surface area contributed by atoms with E-state index in [0.717, 1.165) is 27.3 Å². The topological polar surface area (TPSA) is 78.5 Å². The van der Waals surface area contributed by atoms with Crippen LogP contribution in [0.3, 0.4) is 0 Å². The lowest BCUT2D eigenvalue weighted by molar-refractivity contribution is -0.120. The zero-order valence-corrected chi connectivity index (χ0v) is 19.2. The summed E-state index contributed by atoms with van der Waals surface area (Å²) in [6.07, 6.45) is 0. The van der Waals surface area contributed by atoms with Crippen molar-refractivity contribution in [1.29, 1.82) is 0 Å². The fraction of sp³-hybridized carbons (Fsp3) is 0.115. The summed E-state index contributed by atoms with van der Waals surface area (Å²) in [6.45, 7) is 5.83. The molecule has 0 aromatic heterocycles. The lowest BCUT2D eigenvalue weighted by Gasteiger charge is -2.15. The van der Waals surface area contributed by atoms with Crippen LogP contribution in [0, 0.1) is 20.8 Å². The number of nitrogens with zero attached hydrogens (tertiary/aromatic N) is 1. The first kappa shape index (κ1) is 22.3. The van der Waals surface area contributed by atoms with Crippen molar-refractivity contribution >= 4 is 46.4 Å². The molecule has 0 radical (unpaired) electrons. The second-order valence-electron chi connectivity index (χ2n) is 7.95. The molecule has 6 nitrogen and oxygen atoms in total.